The Bertz CT molecular complexity index is 540. The van der Waals surface area contributed by atoms with E-state index in [2.05, 4.69) is 0 Å². The number of hydrogen-bond acceptors (Lipinski definition) is 4. The Morgan fingerprint density at radius 2 is 2.00 bits per heavy atom. The Morgan fingerprint density at radius 3 is 2.61 bits per heavy atom. The Labute approximate surface area is 137 Å². The van der Waals surface area contributed by atoms with Crippen molar-refractivity contribution >= 4 is 11.9 Å². The van der Waals surface area contributed by atoms with E-state index in [1.54, 1.807) is 12.1 Å². The van der Waals surface area contributed by atoms with Crippen LogP contribution in [0.25, 0.3) is 0 Å². The molecule has 0 aliphatic carbocycles. The Hall–Kier alpha value is -1.88. The van der Waals surface area contributed by atoms with Crippen molar-refractivity contribution in [2.24, 2.45) is 0 Å². The average Bonchev–Trinajstić information content (AvgIpc) is 2.55. The molecule has 2 atom stereocenters. The topological polar surface area (TPSA) is 66.8 Å². The summed E-state index contributed by atoms with van der Waals surface area (Å²) in [4.78, 5) is 25.3. The van der Waals surface area contributed by atoms with Gasteiger partial charge in [-0.2, -0.15) is 0 Å². The number of nitrogens with zero attached hydrogens (tertiary/aromatic N) is 1. The minimum Gasteiger partial charge on any atom is -0.480 e. The van der Waals surface area contributed by atoms with Crippen molar-refractivity contribution in [3.05, 3.63) is 35.4 Å². The second-order valence-corrected chi connectivity index (χ2v) is 6.14. The molecule has 0 spiro atoms. The number of esters is 1. The van der Waals surface area contributed by atoms with Crippen molar-refractivity contribution in [1.29, 1.82) is 0 Å². The Balaban J connectivity index is 1.99. The Kier molecular flexibility index (Phi) is 6.16. The molecule has 126 valence electrons. The molecule has 2 unspecified atom stereocenters. The van der Waals surface area contributed by atoms with Crippen LogP contribution in [-0.2, 0) is 16.1 Å². The maximum absolute atomic E-state index is 11.9. The molecule has 1 aromatic carbocycles. The molecular weight excluding hydrogens is 294 g/mol. The third kappa shape index (κ3) is 4.79. The van der Waals surface area contributed by atoms with Gasteiger partial charge in [0, 0.05) is 6.54 Å². The van der Waals surface area contributed by atoms with Crippen LogP contribution in [0.15, 0.2) is 24.3 Å². The van der Waals surface area contributed by atoms with Crippen molar-refractivity contribution in [1.82, 2.24) is 4.90 Å². The molecule has 2 rings (SSSR count). The summed E-state index contributed by atoms with van der Waals surface area (Å²) in [5, 5.41) is 9.31. The molecule has 5 nitrogen and oxygen atoms in total. The summed E-state index contributed by atoms with van der Waals surface area (Å²) in [6.45, 7) is 5.24. The quantitative estimate of drug-likeness (QED) is 0.816. The van der Waals surface area contributed by atoms with E-state index in [1.807, 2.05) is 30.9 Å². The molecular formula is C18H25NO4. The van der Waals surface area contributed by atoms with Gasteiger partial charge >= 0.3 is 11.9 Å². The number of carbonyl (C=O) groups excluding carboxylic acids is 1. The molecule has 23 heavy (non-hydrogen) atoms. The van der Waals surface area contributed by atoms with E-state index in [0.29, 0.717) is 18.5 Å². The van der Waals surface area contributed by atoms with Gasteiger partial charge in [0.1, 0.15) is 6.04 Å². The van der Waals surface area contributed by atoms with Crippen LogP contribution < -0.4 is 0 Å². The van der Waals surface area contributed by atoms with Crippen molar-refractivity contribution in [2.75, 3.05) is 6.54 Å². The summed E-state index contributed by atoms with van der Waals surface area (Å²) >= 11 is 0. The number of benzene rings is 1. The first-order valence-electron chi connectivity index (χ1n) is 8.28. The van der Waals surface area contributed by atoms with E-state index < -0.39 is 12.0 Å². The molecule has 0 aromatic heterocycles. The van der Waals surface area contributed by atoms with Gasteiger partial charge in [0.05, 0.1) is 11.7 Å². The fourth-order valence-corrected chi connectivity index (χ4v) is 2.77. The first-order chi connectivity index (χ1) is 11.0. The normalized spacial score (nSPS) is 20.0. The lowest BCUT2D eigenvalue weighted by atomic mass is 10.0. The lowest BCUT2D eigenvalue weighted by Crippen LogP contribution is -2.43. The molecule has 0 radical (unpaired) electrons. The van der Waals surface area contributed by atoms with E-state index in [-0.39, 0.29) is 12.1 Å². The molecule has 0 saturated carbocycles. The zero-order chi connectivity index (χ0) is 16.8. The molecule has 1 fully saturated rings. The van der Waals surface area contributed by atoms with Crippen molar-refractivity contribution in [2.45, 2.75) is 58.2 Å². The van der Waals surface area contributed by atoms with Crippen LogP contribution >= 0.6 is 0 Å². The number of rotatable bonds is 6. The molecule has 0 bridgehead atoms. The van der Waals surface area contributed by atoms with Crippen molar-refractivity contribution < 1.29 is 19.4 Å². The van der Waals surface area contributed by atoms with Crippen molar-refractivity contribution in [3.63, 3.8) is 0 Å². The van der Waals surface area contributed by atoms with E-state index in [0.717, 1.165) is 31.4 Å². The smallest absolute Gasteiger partial charge is 0.338 e. The third-order valence-electron chi connectivity index (χ3n) is 4.36. The third-order valence-corrected chi connectivity index (χ3v) is 4.36. The maximum Gasteiger partial charge on any atom is 0.338 e. The monoisotopic (exact) mass is 319 g/mol. The highest BCUT2D eigenvalue weighted by atomic mass is 16.5. The number of likely N-dealkylation sites (tertiary alicyclic amines) is 1. The standard InChI is InChI=1S/C18H25NO4/c1-3-13(2)23-18(22)15-9-7-14(8-10-15)12-19-11-5-4-6-16(19)17(20)21/h7-10,13,16H,3-6,11-12H2,1-2H3,(H,20,21). The maximum atomic E-state index is 11.9. The highest BCUT2D eigenvalue weighted by molar-refractivity contribution is 5.89. The lowest BCUT2D eigenvalue weighted by molar-refractivity contribution is -0.144. The second kappa shape index (κ2) is 8.11. The lowest BCUT2D eigenvalue weighted by Gasteiger charge is -2.32. The van der Waals surface area contributed by atoms with Gasteiger partial charge in [-0.25, -0.2) is 4.79 Å². The summed E-state index contributed by atoms with van der Waals surface area (Å²) in [5.74, 6) is -1.06. The van der Waals surface area contributed by atoms with E-state index in [4.69, 9.17) is 4.74 Å². The number of piperidine rings is 1. The number of aliphatic carboxylic acids is 1. The molecule has 1 saturated heterocycles. The van der Waals surface area contributed by atoms with Gasteiger partial charge in [0.25, 0.3) is 0 Å². The van der Waals surface area contributed by atoms with Gasteiger partial charge < -0.3 is 9.84 Å². The fourth-order valence-electron chi connectivity index (χ4n) is 2.77. The fraction of sp³-hybridized carbons (Fsp3) is 0.556. The summed E-state index contributed by atoms with van der Waals surface area (Å²) in [7, 11) is 0. The Morgan fingerprint density at radius 1 is 1.30 bits per heavy atom. The zero-order valence-corrected chi connectivity index (χ0v) is 13.8. The van der Waals surface area contributed by atoms with E-state index in [1.165, 1.54) is 0 Å². The number of ether oxygens (including phenoxy) is 1. The molecule has 1 aliphatic rings. The number of carboxylic acid groups (broad SMARTS) is 1. The SMILES string of the molecule is CCC(C)OC(=O)c1ccc(CN2CCCCC2C(=O)O)cc1. The summed E-state index contributed by atoms with van der Waals surface area (Å²) in [6, 6.07) is 6.85. The number of carboxylic acids is 1. The molecule has 1 aromatic rings. The van der Waals surface area contributed by atoms with Gasteiger partial charge in [0.15, 0.2) is 0 Å². The van der Waals surface area contributed by atoms with E-state index >= 15 is 0 Å². The highest BCUT2D eigenvalue weighted by Gasteiger charge is 2.28. The minimum atomic E-state index is -0.751. The van der Waals surface area contributed by atoms with Crippen LogP contribution in [0.4, 0.5) is 0 Å². The van der Waals surface area contributed by atoms with Gasteiger partial charge in [-0.15, -0.1) is 0 Å². The second-order valence-electron chi connectivity index (χ2n) is 6.14. The average molecular weight is 319 g/mol. The van der Waals surface area contributed by atoms with Crippen LogP contribution in [-0.4, -0.2) is 40.6 Å². The summed E-state index contributed by atoms with van der Waals surface area (Å²) < 4.78 is 5.30. The van der Waals surface area contributed by atoms with Crippen molar-refractivity contribution in [3.8, 4) is 0 Å². The first kappa shape index (κ1) is 17.5. The van der Waals surface area contributed by atoms with Crippen LogP contribution in [0.1, 0.15) is 55.5 Å². The predicted molar refractivity (Wildman–Crippen MR) is 87.3 cm³/mol. The summed E-state index contributed by atoms with van der Waals surface area (Å²) in [5.41, 5.74) is 1.54. The first-order valence-corrected chi connectivity index (χ1v) is 8.28. The largest absolute Gasteiger partial charge is 0.480 e. The van der Waals surface area contributed by atoms with Gasteiger partial charge in [0.2, 0.25) is 0 Å². The van der Waals surface area contributed by atoms with E-state index in [9.17, 15) is 14.7 Å². The molecule has 5 heteroatoms. The zero-order valence-electron chi connectivity index (χ0n) is 13.8. The van der Waals surface area contributed by atoms with Crippen LogP contribution in [0.5, 0.6) is 0 Å². The predicted octanol–water partition coefficient (Wildman–Crippen LogP) is 3.08. The van der Waals surface area contributed by atoms with Gasteiger partial charge in [-0.3, -0.25) is 9.69 Å². The van der Waals surface area contributed by atoms with Crippen LogP contribution in [0, 0.1) is 0 Å². The van der Waals surface area contributed by atoms with Crippen LogP contribution in [0.3, 0.4) is 0 Å². The molecule has 1 N–H and O–H groups in total. The minimum absolute atomic E-state index is 0.0909. The number of carbonyl (C=O) groups is 2. The van der Waals surface area contributed by atoms with Crippen LogP contribution in [0.2, 0.25) is 0 Å². The van der Waals surface area contributed by atoms with Gasteiger partial charge in [-0.1, -0.05) is 25.5 Å². The van der Waals surface area contributed by atoms with Gasteiger partial charge in [-0.05, 0) is 50.4 Å². The highest BCUT2D eigenvalue weighted by Crippen LogP contribution is 2.20. The molecule has 1 aliphatic heterocycles. The summed E-state index contributed by atoms with van der Waals surface area (Å²) in [6.07, 6.45) is 3.40. The number of hydrogen-bond donors (Lipinski definition) is 1. The molecule has 1 heterocycles. The molecule has 0 amide bonds.